The summed E-state index contributed by atoms with van der Waals surface area (Å²) in [6, 6.07) is 65.9. The molecule has 0 saturated carbocycles. The molecule has 62 heavy (non-hydrogen) atoms. The highest BCUT2D eigenvalue weighted by atomic mass is 16.5. The number of hydrogen-bond donors (Lipinski definition) is 0. The lowest BCUT2D eigenvalue weighted by Crippen LogP contribution is -2.24. The van der Waals surface area contributed by atoms with E-state index in [-0.39, 0.29) is 5.41 Å². The summed E-state index contributed by atoms with van der Waals surface area (Å²) < 4.78 is 6.53. The van der Waals surface area contributed by atoms with Crippen molar-refractivity contribution in [1.82, 2.24) is 29.9 Å². The molecule has 0 amide bonds. The van der Waals surface area contributed by atoms with E-state index in [1.807, 2.05) is 103 Å². The summed E-state index contributed by atoms with van der Waals surface area (Å²) in [5.74, 6) is 5.20. The van der Waals surface area contributed by atoms with E-state index in [0.29, 0.717) is 34.9 Å². The molecular formula is C55H38N6O. The lowest BCUT2D eigenvalue weighted by atomic mass is 9.75. The molecule has 1 aliphatic heterocycles. The molecule has 2 aromatic heterocycles. The first-order valence-electron chi connectivity index (χ1n) is 20.7. The van der Waals surface area contributed by atoms with E-state index in [1.54, 1.807) is 0 Å². The zero-order valence-corrected chi connectivity index (χ0v) is 34.1. The minimum absolute atomic E-state index is 0.237. The highest BCUT2D eigenvalue weighted by Gasteiger charge is 2.34. The van der Waals surface area contributed by atoms with E-state index in [4.69, 9.17) is 34.6 Å². The highest BCUT2D eigenvalue weighted by Crippen LogP contribution is 2.48. The van der Waals surface area contributed by atoms with Crippen LogP contribution in [0.2, 0.25) is 0 Å². The Labute approximate surface area is 359 Å². The molecule has 7 nitrogen and oxygen atoms in total. The summed E-state index contributed by atoms with van der Waals surface area (Å²) in [4.78, 5) is 30.4. The third kappa shape index (κ3) is 6.75. The van der Waals surface area contributed by atoms with Crippen LogP contribution in [0.15, 0.2) is 194 Å². The number of aromatic nitrogens is 6. The maximum atomic E-state index is 6.53. The molecule has 0 unspecified atom stereocenters. The van der Waals surface area contributed by atoms with Gasteiger partial charge in [0.05, 0.1) is 0 Å². The van der Waals surface area contributed by atoms with E-state index in [2.05, 4.69) is 105 Å². The van der Waals surface area contributed by atoms with Crippen LogP contribution >= 0.6 is 0 Å². The molecule has 0 N–H and O–H groups in total. The molecule has 294 valence electrons. The van der Waals surface area contributed by atoms with Gasteiger partial charge in [-0.2, -0.15) is 0 Å². The smallest absolute Gasteiger partial charge is 0.164 e. The lowest BCUT2D eigenvalue weighted by Gasteiger charge is -2.34. The number of benzene rings is 8. The number of hydrogen-bond acceptors (Lipinski definition) is 7. The van der Waals surface area contributed by atoms with E-state index in [1.165, 1.54) is 0 Å². The number of fused-ring (bicyclic) bond motifs is 3. The van der Waals surface area contributed by atoms with Gasteiger partial charge in [-0.15, -0.1) is 0 Å². The third-order valence-electron chi connectivity index (χ3n) is 11.6. The van der Waals surface area contributed by atoms with Crippen molar-refractivity contribution in [1.29, 1.82) is 0 Å². The summed E-state index contributed by atoms with van der Waals surface area (Å²) in [6.07, 6.45) is 0. The van der Waals surface area contributed by atoms with Gasteiger partial charge in [0, 0.05) is 49.9 Å². The second-order valence-corrected chi connectivity index (χ2v) is 16.0. The van der Waals surface area contributed by atoms with Crippen LogP contribution in [0.4, 0.5) is 0 Å². The van der Waals surface area contributed by atoms with Gasteiger partial charge in [0.1, 0.15) is 11.5 Å². The molecular weight excluding hydrogens is 761 g/mol. The molecule has 0 bridgehead atoms. The predicted molar refractivity (Wildman–Crippen MR) is 247 cm³/mol. The molecule has 8 aromatic carbocycles. The van der Waals surface area contributed by atoms with Crippen LogP contribution in [0, 0.1) is 0 Å². The Morgan fingerprint density at radius 3 is 1.39 bits per heavy atom. The molecule has 7 heteroatoms. The zero-order chi connectivity index (χ0) is 41.6. The largest absolute Gasteiger partial charge is 0.457 e. The van der Waals surface area contributed by atoms with Crippen LogP contribution in [0.25, 0.3) is 90.2 Å². The second kappa shape index (κ2) is 15.1. The van der Waals surface area contributed by atoms with Crippen LogP contribution in [-0.2, 0) is 5.41 Å². The Bertz CT molecular complexity index is 3240. The zero-order valence-electron chi connectivity index (χ0n) is 34.1. The minimum atomic E-state index is -0.237. The Morgan fingerprint density at radius 1 is 0.323 bits per heavy atom. The Morgan fingerprint density at radius 2 is 0.774 bits per heavy atom. The molecule has 0 fully saturated rings. The van der Waals surface area contributed by atoms with Crippen LogP contribution in [0.3, 0.4) is 0 Å². The number of para-hydroxylation sites is 1. The normalized spacial score (nSPS) is 12.6. The summed E-state index contributed by atoms with van der Waals surface area (Å²) in [6.45, 7) is 4.48. The lowest BCUT2D eigenvalue weighted by molar-refractivity contribution is 0.418. The van der Waals surface area contributed by atoms with Crippen molar-refractivity contribution in [3.05, 3.63) is 205 Å². The molecule has 0 atom stereocenters. The Balaban J connectivity index is 1.05. The standard InChI is InChI=1S/C55H38N6O/c1-55(2)45-27-14-15-28-47(45)62-48-34-41(29-30-46(48)55)53-59-51(37-21-10-5-11-22-37)60-54(61-53)42-32-38-23-12-13-26-43(38)44(33-42)39-24-16-25-40(31-39)52-57-49(35-17-6-3-7-18-35)56-50(58-52)36-19-8-4-9-20-36/h3-34H,1-2H3. The molecule has 0 aliphatic carbocycles. The van der Waals surface area contributed by atoms with Crippen molar-refractivity contribution in [3.8, 4) is 91.0 Å². The van der Waals surface area contributed by atoms with Gasteiger partial charge in [-0.05, 0) is 52.2 Å². The van der Waals surface area contributed by atoms with E-state index in [0.717, 1.165) is 77.9 Å². The van der Waals surface area contributed by atoms with Gasteiger partial charge in [0.2, 0.25) is 0 Å². The van der Waals surface area contributed by atoms with E-state index >= 15 is 0 Å². The maximum absolute atomic E-state index is 6.53. The van der Waals surface area contributed by atoms with Crippen molar-refractivity contribution in [2.24, 2.45) is 0 Å². The summed E-state index contributed by atoms with van der Waals surface area (Å²) >= 11 is 0. The van der Waals surface area contributed by atoms with Crippen LogP contribution in [0.5, 0.6) is 11.5 Å². The van der Waals surface area contributed by atoms with E-state index < -0.39 is 0 Å². The van der Waals surface area contributed by atoms with Crippen LogP contribution < -0.4 is 4.74 Å². The van der Waals surface area contributed by atoms with Gasteiger partial charge in [0.25, 0.3) is 0 Å². The van der Waals surface area contributed by atoms with Crippen molar-refractivity contribution in [2.45, 2.75) is 19.3 Å². The van der Waals surface area contributed by atoms with Crippen molar-refractivity contribution >= 4 is 10.8 Å². The average molecular weight is 799 g/mol. The van der Waals surface area contributed by atoms with Gasteiger partial charge in [-0.25, -0.2) is 29.9 Å². The quantitative estimate of drug-likeness (QED) is 0.159. The number of nitrogens with zero attached hydrogens (tertiary/aromatic N) is 6. The Hall–Kier alpha value is -8.16. The van der Waals surface area contributed by atoms with Crippen molar-refractivity contribution in [3.63, 3.8) is 0 Å². The SMILES string of the molecule is CC1(C)c2ccccc2Oc2cc(-c3nc(-c4ccccc4)nc(-c4cc(-c5cccc(-c6nc(-c7ccccc7)nc(-c7ccccc7)n6)c5)c5ccccc5c4)n3)ccc21. The third-order valence-corrected chi connectivity index (χ3v) is 11.6. The minimum Gasteiger partial charge on any atom is -0.457 e. The molecule has 1 aliphatic rings. The highest BCUT2D eigenvalue weighted by molar-refractivity contribution is 6.00. The van der Waals surface area contributed by atoms with Gasteiger partial charge in [0.15, 0.2) is 34.9 Å². The molecule has 10 aromatic rings. The monoisotopic (exact) mass is 798 g/mol. The fourth-order valence-corrected chi connectivity index (χ4v) is 8.39. The molecule has 11 rings (SSSR count). The molecule has 3 heterocycles. The van der Waals surface area contributed by atoms with Gasteiger partial charge in [-0.1, -0.05) is 178 Å². The molecule has 0 spiro atoms. The van der Waals surface area contributed by atoms with Crippen molar-refractivity contribution in [2.75, 3.05) is 0 Å². The van der Waals surface area contributed by atoms with Crippen molar-refractivity contribution < 1.29 is 4.74 Å². The second-order valence-electron chi connectivity index (χ2n) is 16.0. The first kappa shape index (κ1) is 36.9. The summed E-state index contributed by atoms with van der Waals surface area (Å²) in [5.41, 5.74) is 9.42. The molecule has 0 radical (unpaired) electrons. The number of rotatable bonds is 7. The van der Waals surface area contributed by atoms with Crippen LogP contribution in [-0.4, -0.2) is 29.9 Å². The average Bonchev–Trinajstić information content (AvgIpc) is 3.34. The van der Waals surface area contributed by atoms with Crippen LogP contribution in [0.1, 0.15) is 25.0 Å². The first-order valence-corrected chi connectivity index (χ1v) is 20.7. The van der Waals surface area contributed by atoms with Gasteiger partial charge in [-0.3, -0.25) is 0 Å². The van der Waals surface area contributed by atoms with Gasteiger partial charge >= 0.3 is 0 Å². The maximum Gasteiger partial charge on any atom is 0.164 e. The number of ether oxygens (including phenoxy) is 1. The first-order chi connectivity index (χ1) is 30.4. The summed E-state index contributed by atoms with van der Waals surface area (Å²) in [5, 5.41) is 2.17. The topological polar surface area (TPSA) is 86.6 Å². The molecule has 0 saturated heterocycles. The Kier molecular flexibility index (Phi) is 9.01. The predicted octanol–water partition coefficient (Wildman–Crippen LogP) is 13.3. The summed E-state index contributed by atoms with van der Waals surface area (Å²) in [7, 11) is 0. The van der Waals surface area contributed by atoms with E-state index in [9.17, 15) is 0 Å². The fourth-order valence-electron chi connectivity index (χ4n) is 8.39. The fraction of sp³-hybridized carbons (Fsp3) is 0.0545. The van der Waals surface area contributed by atoms with Gasteiger partial charge < -0.3 is 4.74 Å².